The van der Waals surface area contributed by atoms with Crippen LogP contribution >= 0.6 is 0 Å². The number of rotatable bonds is 6. The zero-order valence-corrected chi connectivity index (χ0v) is 34.0. The first-order chi connectivity index (χ1) is 31.2. The van der Waals surface area contributed by atoms with Gasteiger partial charge in [0, 0.05) is 38.5 Å². The molecule has 9 aromatic carbocycles. The van der Waals surface area contributed by atoms with Crippen molar-refractivity contribution in [2.24, 2.45) is 0 Å². The molecule has 3 aromatic heterocycles. The minimum Gasteiger partial charge on any atom is -0.456 e. The van der Waals surface area contributed by atoms with Gasteiger partial charge in [0.1, 0.15) is 11.2 Å². The van der Waals surface area contributed by atoms with Crippen LogP contribution in [0.2, 0.25) is 0 Å². The average Bonchev–Trinajstić information content (AvgIpc) is 4.00. The Labute approximate surface area is 363 Å². The zero-order chi connectivity index (χ0) is 41.5. The lowest BCUT2D eigenvalue weighted by Crippen LogP contribution is -2.28. The fourth-order valence-corrected chi connectivity index (χ4v) is 10.2. The normalized spacial score (nSPS) is 12.9. The Bertz CT molecular complexity index is 3630. The molecule has 0 atom stereocenters. The van der Waals surface area contributed by atoms with Gasteiger partial charge in [-0.1, -0.05) is 176 Å². The Balaban J connectivity index is 1.14. The number of benzene rings is 9. The van der Waals surface area contributed by atoms with Gasteiger partial charge in [-0.05, 0) is 75.8 Å². The molecule has 0 radical (unpaired) electrons. The Morgan fingerprint density at radius 2 is 0.952 bits per heavy atom. The molecular formula is C58H36N4O. The first-order valence-electron chi connectivity index (χ1n) is 21.4. The minimum atomic E-state index is -0.560. The fraction of sp³-hybridized carbons (Fsp3) is 0.0172. The number of hydrogen-bond acceptors (Lipinski definition) is 4. The number of furan rings is 1. The second-order valence-corrected chi connectivity index (χ2v) is 16.3. The number of para-hydroxylation sites is 1. The third-order valence-electron chi connectivity index (χ3n) is 12.9. The SMILES string of the molecule is c1ccc(-c2nc(-c3ccccc3)nc(-c3cccc(-n4c5cc6c(cc5c5ccc7oc8ccccc8c7c54)-c4ccccc4C6(c4ccccc4)c4ccccc4)c3)n2)cc1. The van der Waals surface area contributed by atoms with Gasteiger partial charge in [-0.15, -0.1) is 0 Å². The van der Waals surface area contributed by atoms with Crippen LogP contribution in [-0.2, 0) is 5.41 Å². The van der Waals surface area contributed by atoms with Gasteiger partial charge in [0.25, 0.3) is 0 Å². The van der Waals surface area contributed by atoms with Crippen molar-refractivity contribution < 1.29 is 4.42 Å². The maximum absolute atomic E-state index is 6.59. The molecule has 294 valence electrons. The van der Waals surface area contributed by atoms with Crippen LogP contribution < -0.4 is 0 Å². The molecule has 0 bridgehead atoms. The lowest BCUT2D eigenvalue weighted by molar-refractivity contribution is 0.669. The van der Waals surface area contributed by atoms with E-state index >= 15 is 0 Å². The van der Waals surface area contributed by atoms with Crippen molar-refractivity contribution in [1.29, 1.82) is 0 Å². The molecule has 0 fully saturated rings. The van der Waals surface area contributed by atoms with E-state index in [2.05, 4.69) is 156 Å². The second kappa shape index (κ2) is 13.8. The second-order valence-electron chi connectivity index (χ2n) is 16.3. The predicted octanol–water partition coefficient (Wildman–Crippen LogP) is 14.2. The topological polar surface area (TPSA) is 56.7 Å². The van der Waals surface area contributed by atoms with Gasteiger partial charge in [0.05, 0.1) is 21.8 Å². The highest BCUT2D eigenvalue weighted by Crippen LogP contribution is 2.57. The van der Waals surface area contributed by atoms with Crippen LogP contribution in [0.15, 0.2) is 223 Å². The van der Waals surface area contributed by atoms with Crippen LogP contribution in [0.1, 0.15) is 22.3 Å². The minimum absolute atomic E-state index is 0.560. The van der Waals surface area contributed by atoms with Gasteiger partial charge in [-0.2, -0.15) is 0 Å². The molecule has 0 amide bonds. The third-order valence-corrected chi connectivity index (χ3v) is 12.9. The number of aromatic nitrogens is 4. The van der Waals surface area contributed by atoms with Gasteiger partial charge in [0.15, 0.2) is 17.5 Å². The maximum atomic E-state index is 6.59. The summed E-state index contributed by atoms with van der Waals surface area (Å²) in [5.41, 5.74) is 14.6. The van der Waals surface area contributed by atoms with Crippen molar-refractivity contribution >= 4 is 43.7 Å². The van der Waals surface area contributed by atoms with E-state index in [4.69, 9.17) is 19.4 Å². The molecule has 63 heavy (non-hydrogen) atoms. The van der Waals surface area contributed by atoms with E-state index < -0.39 is 5.41 Å². The molecule has 0 N–H and O–H groups in total. The summed E-state index contributed by atoms with van der Waals surface area (Å²) in [7, 11) is 0. The van der Waals surface area contributed by atoms with E-state index in [1.54, 1.807) is 0 Å². The number of hydrogen-bond donors (Lipinski definition) is 0. The largest absolute Gasteiger partial charge is 0.456 e. The molecule has 1 aliphatic rings. The molecule has 0 saturated carbocycles. The smallest absolute Gasteiger partial charge is 0.164 e. The summed E-state index contributed by atoms with van der Waals surface area (Å²) in [6, 6.07) is 77.5. The van der Waals surface area contributed by atoms with Crippen LogP contribution in [0.5, 0.6) is 0 Å². The number of fused-ring (bicyclic) bond motifs is 10. The van der Waals surface area contributed by atoms with Crippen molar-refractivity contribution in [1.82, 2.24) is 19.5 Å². The van der Waals surface area contributed by atoms with E-state index in [0.717, 1.165) is 60.7 Å². The van der Waals surface area contributed by atoms with Crippen LogP contribution in [0.25, 0.3) is 94.7 Å². The van der Waals surface area contributed by atoms with E-state index in [0.29, 0.717) is 17.5 Å². The summed E-state index contributed by atoms with van der Waals surface area (Å²) in [4.78, 5) is 15.3. The van der Waals surface area contributed by atoms with E-state index in [-0.39, 0.29) is 0 Å². The quantitative estimate of drug-likeness (QED) is 0.168. The summed E-state index contributed by atoms with van der Waals surface area (Å²) >= 11 is 0. The molecule has 0 unspecified atom stereocenters. The molecule has 5 nitrogen and oxygen atoms in total. The molecule has 5 heteroatoms. The molecule has 0 spiro atoms. The van der Waals surface area contributed by atoms with Gasteiger partial charge in [0.2, 0.25) is 0 Å². The van der Waals surface area contributed by atoms with E-state index in [9.17, 15) is 0 Å². The highest BCUT2D eigenvalue weighted by molar-refractivity contribution is 6.25. The van der Waals surface area contributed by atoms with Crippen LogP contribution in [-0.4, -0.2) is 19.5 Å². The third kappa shape index (κ3) is 5.27. The van der Waals surface area contributed by atoms with Gasteiger partial charge in [-0.25, -0.2) is 15.0 Å². The Hall–Kier alpha value is -8.41. The Morgan fingerprint density at radius 1 is 0.381 bits per heavy atom. The lowest BCUT2D eigenvalue weighted by Gasteiger charge is -2.34. The van der Waals surface area contributed by atoms with Crippen LogP contribution in [0, 0.1) is 0 Å². The van der Waals surface area contributed by atoms with Crippen molar-refractivity contribution in [3.8, 4) is 51.0 Å². The summed E-state index contributed by atoms with van der Waals surface area (Å²) in [5, 5.41) is 4.49. The van der Waals surface area contributed by atoms with Crippen molar-refractivity contribution in [2.45, 2.75) is 5.41 Å². The van der Waals surface area contributed by atoms with Crippen molar-refractivity contribution in [3.63, 3.8) is 0 Å². The van der Waals surface area contributed by atoms with Gasteiger partial charge < -0.3 is 8.98 Å². The van der Waals surface area contributed by atoms with Crippen LogP contribution in [0.3, 0.4) is 0 Å². The highest BCUT2D eigenvalue weighted by Gasteiger charge is 2.46. The number of nitrogens with zero attached hydrogens (tertiary/aromatic N) is 4. The van der Waals surface area contributed by atoms with E-state index in [1.807, 2.05) is 66.7 Å². The molecular weight excluding hydrogens is 769 g/mol. The van der Waals surface area contributed by atoms with Crippen molar-refractivity contribution in [2.75, 3.05) is 0 Å². The Morgan fingerprint density at radius 3 is 1.63 bits per heavy atom. The lowest BCUT2D eigenvalue weighted by atomic mass is 9.67. The standard InChI is InChI=1S/C58H36N4O/c1-5-18-37(19-6-1)55-59-56(38-20-7-2-8-21-38)61-57(60-55)39-22-17-27-42(34-39)62-50-36-49-46(35-47(50)44-32-33-52-53(54(44)62)45-29-14-16-31-51(45)63-52)43-28-13-15-30-48(43)58(49,40-23-9-3-10-24-40)41-25-11-4-12-26-41/h1-36H. The highest BCUT2D eigenvalue weighted by atomic mass is 16.3. The zero-order valence-electron chi connectivity index (χ0n) is 34.0. The monoisotopic (exact) mass is 804 g/mol. The molecule has 3 heterocycles. The molecule has 0 aliphatic heterocycles. The molecule has 1 aliphatic carbocycles. The first-order valence-corrected chi connectivity index (χ1v) is 21.4. The average molecular weight is 805 g/mol. The van der Waals surface area contributed by atoms with Crippen molar-refractivity contribution in [3.05, 3.63) is 241 Å². The maximum Gasteiger partial charge on any atom is 0.164 e. The van der Waals surface area contributed by atoms with Gasteiger partial charge >= 0.3 is 0 Å². The van der Waals surface area contributed by atoms with E-state index in [1.165, 1.54) is 38.8 Å². The fourth-order valence-electron chi connectivity index (χ4n) is 10.2. The summed E-state index contributed by atoms with van der Waals surface area (Å²) in [6.45, 7) is 0. The summed E-state index contributed by atoms with van der Waals surface area (Å²) in [5.74, 6) is 1.86. The van der Waals surface area contributed by atoms with Gasteiger partial charge in [-0.3, -0.25) is 0 Å². The molecule has 13 rings (SSSR count). The summed E-state index contributed by atoms with van der Waals surface area (Å²) < 4.78 is 9.03. The molecule has 0 saturated heterocycles. The summed E-state index contributed by atoms with van der Waals surface area (Å²) in [6.07, 6.45) is 0. The van der Waals surface area contributed by atoms with Crippen LogP contribution in [0.4, 0.5) is 0 Å². The Kier molecular flexibility index (Phi) is 7.75. The first kappa shape index (κ1) is 35.4. The molecule has 12 aromatic rings. The predicted molar refractivity (Wildman–Crippen MR) is 255 cm³/mol.